The van der Waals surface area contributed by atoms with Crippen LogP contribution in [0, 0.1) is 16.6 Å². The third kappa shape index (κ3) is 12.7. The fourth-order valence-corrected chi connectivity index (χ4v) is 12.1. The molecule has 362 valence electrons. The van der Waals surface area contributed by atoms with Gasteiger partial charge in [-0.05, 0) is 202 Å². The molecule has 3 atom stereocenters. The van der Waals surface area contributed by atoms with Gasteiger partial charge in [0.05, 0.1) is 37.8 Å². The number of ether oxygens (including phenoxy) is 4. The van der Waals surface area contributed by atoms with E-state index in [-0.39, 0.29) is 11.8 Å². The number of methoxy groups -OCH3 is 4. The highest BCUT2D eigenvalue weighted by atomic mass is 127. The topological polar surface area (TPSA) is 100 Å². The van der Waals surface area contributed by atoms with Crippen molar-refractivity contribution in [2.75, 3.05) is 28.4 Å². The molecular weight excluding hydrogens is 1240 g/mol. The second-order valence-corrected chi connectivity index (χ2v) is 22.1. The van der Waals surface area contributed by atoms with E-state index in [9.17, 15) is 0 Å². The van der Waals surface area contributed by atoms with Gasteiger partial charge in [0.2, 0.25) is 0 Å². The summed E-state index contributed by atoms with van der Waals surface area (Å²) < 4.78 is 68.9. The maximum absolute atomic E-state index is 7.39. The lowest BCUT2D eigenvalue weighted by atomic mass is 9.79. The van der Waals surface area contributed by atoms with Gasteiger partial charge in [-0.1, -0.05) is 53.4 Å². The molecule has 0 radical (unpaired) electrons. The highest BCUT2D eigenvalue weighted by molar-refractivity contribution is 14.1. The van der Waals surface area contributed by atoms with E-state index < -0.39 is 16.8 Å². The summed E-state index contributed by atoms with van der Waals surface area (Å²) >= 11 is 6.85. The Kier molecular flexibility index (Phi) is 19.3. The van der Waals surface area contributed by atoms with Crippen LogP contribution in [0.25, 0.3) is 28.2 Å². The zero-order valence-corrected chi connectivity index (χ0v) is 48.1. The number of allylic oxidation sites excluding steroid dienone is 1. The molecule has 0 spiro atoms. The Morgan fingerprint density at radius 2 is 1.13 bits per heavy atom. The molecule has 15 heteroatoms. The molecule has 7 rings (SSSR count). The fraction of sp³-hybridized carbons (Fsp3) is 0.358. The van der Waals surface area contributed by atoms with E-state index in [1.807, 2.05) is 66.7 Å². The van der Waals surface area contributed by atoms with Gasteiger partial charge < -0.3 is 45.4 Å². The molecule has 0 bridgehead atoms. The molecule has 68 heavy (non-hydrogen) atoms. The third-order valence-corrected chi connectivity index (χ3v) is 16.2. The largest absolute Gasteiger partial charge is 0.530 e. The van der Waals surface area contributed by atoms with Crippen LogP contribution in [0.4, 0.5) is 0 Å². The van der Waals surface area contributed by atoms with Crippen LogP contribution in [0.5, 0.6) is 40.2 Å². The normalized spacial score (nSPS) is 14.5. The average Bonchev–Trinajstić information content (AvgIpc) is 3.50. The van der Waals surface area contributed by atoms with E-state index in [0.29, 0.717) is 52.0 Å². The van der Waals surface area contributed by atoms with Gasteiger partial charge in [-0.2, -0.15) is 0 Å². The molecular formula is C53H59I3O10P2. The first kappa shape index (κ1) is 52.3. The minimum atomic E-state index is -2.13. The first-order chi connectivity index (χ1) is 33.0. The molecule has 1 heterocycles. The maximum atomic E-state index is 7.39. The summed E-state index contributed by atoms with van der Waals surface area (Å²) in [7, 11) is 2.60. The molecule has 0 saturated heterocycles. The van der Waals surface area contributed by atoms with Gasteiger partial charge in [0.1, 0.15) is 45.8 Å². The van der Waals surface area contributed by atoms with E-state index in [1.165, 1.54) is 0 Å². The minimum absolute atomic E-state index is 0.00798. The summed E-state index contributed by atoms with van der Waals surface area (Å²) in [6.07, 6.45) is 10.4. The number of benzene rings is 5. The standard InChI is InChI=1S/C53H59I3O10P2/c1-9-12-15-34-26-40(57-5)28-44(46-30-42(59-7)31-48(56)53(46)66-67(61-38-22-18-36(54)19-23-38)62-39-24-20-37(55)21-25-39)50(34)63-68-64-51-35(16-13-10-2)27-41(58-6)29-45(51)47-32-49(60-8)33(4)43(17-14-11-3)52(47)65-68/h18-33,43H,9-17H2,1-8H3. The summed E-state index contributed by atoms with van der Waals surface area (Å²) in [6, 6.07) is 27.7. The second-order valence-electron chi connectivity index (χ2n) is 16.5. The molecule has 6 aromatic rings. The molecule has 5 aromatic carbocycles. The Bertz CT molecular complexity index is 2680. The molecule has 0 saturated carbocycles. The van der Waals surface area contributed by atoms with Crippen molar-refractivity contribution in [1.82, 2.24) is 0 Å². The summed E-state index contributed by atoms with van der Waals surface area (Å²) in [4.78, 5) is 0. The lowest BCUT2D eigenvalue weighted by molar-refractivity contribution is 0.221. The summed E-state index contributed by atoms with van der Waals surface area (Å²) in [5.41, 5.74) is 5.00. The quantitative estimate of drug-likeness (QED) is 0.0483. The minimum Gasteiger partial charge on any atom is -0.501 e. The number of unbranched alkanes of at least 4 members (excludes halogenated alkanes) is 3. The summed E-state index contributed by atoms with van der Waals surface area (Å²) in [5, 5.41) is 0.899. The first-order valence-electron chi connectivity index (χ1n) is 23.0. The zero-order chi connectivity index (χ0) is 48.3. The molecule has 3 unspecified atom stereocenters. The lowest BCUT2D eigenvalue weighted by Gasteiger charge is -2.29. The Morgan fingerprint density at radius 1 is 0.588 bits per heavy atom. The maximum Gasteiger partial charge on any atom is 0.530 e. The van der Waals surface area contributed by atoms with Gasteiger partial charge in [-0.15, -0.1) is 0 Å². The predicted molar refractivity (Wildman–Crippen MR) is 300 cm³/mol. The van der Waals surface area contributed by atoms with Gasteiger partial charge in [-0.3, -0.25) is 0 Å². The van der Waals surface area contributed by atoms with Crippen molar-refractivity contribution in [3.8, 4) is 51.4 Å². The Labute approximate surface area is 444 Å². The average molecular weight is 1300 g/mol. The molecule has 10 nitrogen and oxygen atoms in total. The fourth-order valence-electron chi connectivity index (χ4n) is 8.18. The molecule has 1 aliphatic carbocycles. The molecule has 1 aliphatic rings. The van der Waals surface area contributed by atoms with Gasteiger partial charge >= 0.3 is 16.8 Å². The molecule has 1 aromatic heterocycles. The van der Waals surface area contributed by atoms with Crippen molar-refractivity contribution >= 4 is 102 Å². The lowest BCUT2D eigenvalue weighted by Crippen LogP contribution is -2.18. The smallest absolute Gasteiger partial charge is 0.501 e. The Hall–Kier alpha value is -3.50. The summed E-state index contributed by atoms with van der Waals surface area (Å²) in [5.74, 6) is 6.18. The van der Waals surface area contributed by atoms with Gasteiger partial charge in [0, 0.05) is 41.1 Å². The van der Waals surface area contributed by atoms with Crippen molar-refractivity contribution in [2.24, 2.45) is 5.92 Å². The number of fused-ring (bicyclic) bond motifs is 3. The predicted octanol–water partition coefficient (Wildman–Crippen LogP) is 17.8. The third-order valence-electron chi connectivity index (χ3n) is 11.9. The van der Waals surface area contributed by atoms with Gasteiger partial charge in [0.25, 0.3) is 0 Å². The van der Waals surface area contributed by atoms with E-state index in [4.69, 9.17) is 45.4 Å². The molecule has 0 fully saturated rings. The van der Waals surface area contributed by atoms with Gasteiger partial charge in [-0.25, -0.2) is 0 Å². The van der Waals surface area contributed by atoms with Crippen LogP contribution in [-0.4, -0.2) is 28.4 Å². The monoisotopic (exact) mass is 1300 g/mol. The highest BCUT2D eigenvalue weighted by Crippen LogP contribution is 2.54. The van der Waals surface area contributed by atoms with Crippen LogP contribution in [0.3, 0.4) is 0 Å². The number of hydrogen-bond acceptors (Lipinski definition) is 10. The van der Waals surface area contributed by atoms with E-state index in [1.54, 1.807) is 28.4 Å². The number of rotatable bonds is 22. The first-order valence-corrected chi connectivity index (χ1v) is 28.4. The van der Waals surface area contributed by atoms with Crippen molar-refractivity contribution in [2.45, 2.75) is 91.4 Å². The summed E-state index contributed by atoms with van der Waals surface area (Å²) in [6.45, 7) is 8.81. The van der Waals surface area contributed by atoms with Crippen LogP contribution in [0.2, 0.25) is 0 Å². The molecule has 0 aliphatic heterocycles. The van der Waals surface area contributed by atoms with Crippen molar-refractivity contribution in [1.29, 1.82) is 0 Å². The van der Waals surface area contributed by atoms with E-state index in [2.05, 4.69) is 120 Å². The van der Waals surface area contributed by atoms with Crippen LogP contribution >= 0.6 is 84.6 Å². The Balaban J connectivity index is 1.49. The number of halogens is 3. The number of aryl methyl sites for hydroxylation is 2. The van der Waals surface area contributed by atoms with Crippen molar-refractivity contribution in [3.63, 3.8) is 0 Å². The molecule has 0 amide bonds. The van der Waals surface area contributed by atoms with Crippen LogP contribution in [0.1, 0.15) is 101 Å². The van der Waals surface area contributed by atoms with E-state index in [0.717, 1.165) is 107 Å². The second kappa shape index (κ2) is 25.1. The van der Waals surface area contributed by atoms with Crippen LogP contribution in [0.15, 0.2) is 99.1 Å². The van der Waals surface area contributed by atoms with Crippen molar-refractivity contribution in [3.05, 3.63) is 124 Å². The van der Waals surface area contributed by atoms with Crippen molar-refractivity contribution < 1.29 is 45.4 Å². The SMILES string of the molecule is CCCCc1cc(OC)cc(-c2cc(OC)cc(I)c2OP(Oc2ccc(I)cc2)Oc2ccc(I)cc2)c1Op1oc2c(c3cc(OC)cc(CCCC)c3o1)C=C(OC)C(C)C2CCCC. The Morgan fingerprint density at radius 3 is 1.71 bits per heavy atom. The highest BCUT2D eigenvalue weighted by Gasteiger charge is 2.34. The van der Waals surface area contributed by atoms with E-state index >= 15 is 0 Å². The zero-order valence-electron chi connectivity index (χ0n) is 39.8. The van der Waals surface area contributed by atoms with Gasteiger partial charge in [0.15, 0.2) is 5.75 Å². The van der Waals surface area contributed by atoms with Crippen LogP contribution < -0.4 is 32.3 Å². The number of hydrogen-bond donors (Lipinski definition) is 0. The van der Waals surface area contributed by atoms with Crippen LogP contribution in [-0.2, 0) is 17.6 Å². The molecule has 0 N–H and O–H groups in total.